The third kappa shape index (κ3) is 6.65. The zero-order valence-corrected chi connectivity index (χ0v) is 14.4. The van der Waals surface area contributed by atoms with Gasteiger partial charge < -0.3 is 4.74 Å². The van der Waals surface area contributed by atoms with Gasteiger partial charge in [0.05, 0.1) is 0 Å². The molecule has 1 unspecified atom stereocenters. The standard InChI is InChI=1S/C18H29NO2/c1-13(17(2,3)4)12-14-8-10-15(11-9-14)19-16(20)21-18(5,6)7/h8-11,13H,12H2,1-7H3,(H,19,20). The number of rotatable bonds is 3. The molecule has 21 heavy (non-hydrogen) atoms. The van der Waals surface area contributed by atoms with Gasteiger partial charge in [0.1, 0.15) is 5.60 Å². The van der Waals surface area contributed by atoms with E-state index in [1.54, 1.807) is 0 Å². The minimum absolute atomic E-state index is 0.299. The molecule has 3 heteroatoms. The summed E-state index contributed by atoms with van der Waals surface area (Å²) in [7, 11) is 0. The fourth-order valence-corrected chi connectivity index (χ4v) is 1.81. The zero-order chi connectivity index (χ0) is 16.3. The smallest absolute Gasteiger partial charge is 0.412 e. The average Bonchev–Trinajstić information content (AvgIpc) is 2.27. The van der Waals surface area contributed by atoms with Crippen LogP contribution in [0.4, 0.5) is 10.5 Å². The molecule has 0 aliphatic carbocycles. The predicted octanol–water partition coefficient (Wildman–Crippen LogP) is 5.26. The molecular weight excluding hydrogens is 262 g/mol. The van der Waals surface area contributed by atoms with Crippen molar-refractivity contribution >= 4 is 11.8 Å². The number of anilines is 1. The van der Waals surface area contributed by atoms with E-state index in [4.69, 9.17) is 4.74 Å². The summed E-state index contributed by atoms with van der Waals surface area (Å²) in [4.78, 5) is 11.7. The summed E-state index contributed by atoms with van der Waals surface area (Å²) < 4.78 is 5.23. The van der Waals surface area contributed by atoms with Gasteiger partial charge in [-0.3, -0.25) is 5.32 Å². The zero-order valence-electron chi connectivity index (χ0n) is 14.4. The highest BCUT2D eigenvalue weighted by Gasteiger charge is 2.20. The summed E-state index contributed by atoms with van der Waals surface area (Å²) in [6.45, 7) is 14.6. The van der Waals surface area contributed by atoms with E-state index in [1.165, 1.54) is 5.56 Å². The van der Waals surface area contributed by atoms with Crippen molar-refractivity contribution in [2.45, 2.75) is 60.5 Å². The normalized spacial score (nSPS) is 13.7. The van der Waals surface area contributed by atoms with Gasteiger partial charge in [-0.05, 0) is 56.2 Å². The molecule has 0 saturated heterocycles. The van der Waals surface area contributed by atoms with Crippen LogP contribution in [0.3, 0.4) is 0 Å². The van der Waals surface area contributed by atoms with Crippen molar-refractivity contribution in [2.24, 2.45) is 11.3 Å². The molecule has 0 radical (unpaired) electrons. The van der Waals surface area contributed by atoms with Gasteiger partial charge in [-0.15, -0.1) is 0 Å². The van der Waals surface area contributed by atoms with Gasteiger partial charge in [0, 0.05) is 5.69 Å². The maximum Gasteiger partial charge on any atom is 0.412 e. The summed E-state index contributed by atoms with van der Waals surface area (Å²) in [6.07, 6.45) is 0.620. The number of ether oxygens (including phenoxy) is 1. The highest BCUT2D eigenvalue weighted by Crippen LogP contribution is 2.28. The lowest BCUT2D eigenvalue weighted by atomic mass is 9.78. The van der Waals surface area contributed by atoms with Crippen molar-refractivity contribution in [1.82, 2.24) is 0 Å². The van der Waals surface area contributed by atoms with Crippen LogP contribution in [0.2, 0.25) is 0 Å². The predicted molar refractivity (Wildman–Crippen MR) is 88.6 cm³/mol. The second kappa shape index (κ2) is 6.50. The van der Waals surface area contributed by atoms with E-state index in [9.17, 15) is 4.79 Å². The Bertz CT molecular complexity index is 463. The molecule has 0 spiro atoms. The Labute approximate surface area is 129 Å². The van der Waals surface area contributed by atoms with E-state index >= 15 is 0 Å². The first-order valence-corrected chi connectivity index (χ1v) is 7.56. The number of carbonyl (C=O) groups excluding carboxylic acids is 1. The maximum absolute atomic E-state index is 11.7. The van der Waals surface area contributed by atoms with Gasteiger partial charge in [0.25, 0.3) is 0 Å². The van der Waals surface area contributed by atoms with Crippen molar-refractivity contribution in [2.75, 3.05) is 5.32 Å². The molecule has 0 aliphatic rings. The lowest BCUT2D eigenvalue weighted by molar-refractivity contribution is 0.0636. The summed E-state index contributed by atoms with van der Waals surface area (Å²) in [5, 5.41) is 2.75. The van der Waals surface area contributed by atoms with Crippen LogP contribution in [0.5, 0.6) is 0 Å². The van der Waals surface area contributed by atoms with Crippen molar-refractivity contribution in [3.8, 4) is 0 Å². The Morgan fingerprint density at radius 2 is 1.62 bits per heavy atom. The molecule has 1 aromatic rings. The number of hydrogen-bond donors (Lipinski definition) is 1. The van der Waals surface area contributed by atoms with Crippen LogP contribution < -0.4 is 5.32 Å². The van der Waals surface area contributed by atoms with Crippen LogP contribution >= 0.6 is 0 Å². The Kier molecular flexibility index (Phi) is 5.43. The SMILES string of the molecule is CC(Cc1ccc(NC(=O)OC(C)(C)C)cc1)C(C)(C)C. The third-order valence-corrected chi connectivity index (χ3v) is 3.62. The van der Waals surface area contributed by atoms with Crippen molar-refractivity contribution in [3.63, 3.8) is 0 Å². The minimum Gasteiger partial charge on any atom is -0.444 e. The second-order valence-electron chi connectivity index (χ2n) is 7.80. The van der Waals surface area contributed by atoms with Crippen molar-refractivity contribution in [3.05, 3.63) is 29.8 Å². The van der Waals surface area contributed by atoms with E-state index in [0.29, 0.717) is 11.3 Å². The molecule has 1 aromatic carbocycles. The Morgan fingerprint density at radius 3 is 2.05 bits per heavy atom. The fraction of sp³-hybridized carbons (Fsp3) is 0.611. The van der Waals surface area contributed by atoms with Gasteiger partial charge in [-0.1, -0.05) is 39.8 Å². The third-order valence-electron chi connectivity index (χ3n) is 3.62. The van der Waals surface area contributed by atoms with E-state index in [-0.39, 0.29) is 0 Å². The van der Waals surface area contributed by atoms with Crippen molar-refractivity contribution < 1.29 is 9.53 Å². The first-order valence-electron chi connectivity index (χ1n) is 7.56. The summed E-state index contributed by atoms with van der Waals surface area (Å²) >= 11 is 0. The van der Waals surface area contributed by atoms with Crippen LogP contribution in [0.15, 0.2) is 24.3 Å². The summed E-state index contributed by atoms with van der Waals surface area (Å²) in [5.41, 5.74) is 1.86. The quantitative estimate of drug-likeness (QED) is 0.825. The Balaban J connectivity index is 2.60. The lowest BCUT2D eigenvalue weighted by Gasteiger charge is -2.27. The monoisotopic (exact) mass is 291 g/mol. The molecule has 0 fully saturated rings. The van der Waals surface area contributed by atoms with Gasteiger partial charge in [0.15, 0.2) is 0 Å². The first kappa shape index (κ1) is 17.5. The maximum atomic E-state index is 11.7. The molecule has 1 rings (SSSR count). The number of nitrogens with one attached hydrogen (secondary N) is 1. The van der Waals surface area contributed by atoms with Crippen LogP contribution in [-0.2, 0) is 11.2 Å². The molecule has 1 amide bonds. The van der Waals surface area contributed by atoms with Gasteiger partial charge >= 0.3 is 6.09 Å². The number of hydrogen-bond acceptors (Lipinski definition) is 2. The van der Waals surface area contributed by atoms with Crippen LogP contribution in [0.25, 0.3) is 0 Å². The Hall–Kier alpha value is -1.51. The molecule has 118 valence electrons. The Morgan fingerprint density at radius 1 is 1.10 bits per heavy atom. The van der Waals surface area contributed by atoms with Crippen LogP contribution in [0, 0.1) is 11.3 Å². The second-order valence-corrected chi connectivity index (χ2v) is 7.80. The largest absolute Gasteiger partial charge is 0.444 e. The molecule has 1 atom stereocenters. The van der Waals surface area contributed by atoms with Crippen LogP contribution in [0.1, 0.15) is 54.0 Å². The highest BCUT2D eigenvalue weighted by atomic mass is 16.6. The van der Waals surface area contributed by atoms with Gasteiger partial charge in [-0.2, -0.15) is 0 Å². The van der Waals surface area contributed by atoms with E-state index in [0.717, 1.165) is 12.1 Å². The van der Waals surface area contributed by atoms with E-state index < -0.39 is 11.7 Å². The summed E-state index contributed by atoms with van der Waals surface area (Å²) in [5.74, 6) is 0.599. The van der Waals surface area contributed by atoms with Crippen LogP contribution in [-0.4, -0.2) is 11.7 Å². The molecule has 3 nitrogen and oxygen atoms in total. The molecule has 0 aliphatic heterocycles. The number of benzene rings is 1. The molecule has 0 bridgehead atoms. The molecular formula is C18H29NO2. The van der Waals surface area contributed by atoms with Crippen molar-refractivity contribution in [1.29, 1.82) is 0 Å². The van der Waals surface area contributed by atoms with Gasteiger partial charge in [0.2, 0.25) is 0 Å². The lowest BCUT2D eigenvalue weighted by Crippen LogP contribution is -2.27. The average molecular weight is 291 g/mol. The fourth-order valence-electron chi connectivity index (χ4n) is 1.81. The minimum atomic E-state index is -0.480. The number of amides is 1. The summed E-state index contributed by atoms with van der Waals surface area (Å²) in [6, 6.07) is 7.98. The number of carbonyl (C=O) groups is 1. The van der Waals surface area contributed by atoms with E-state index in [2.05, 4.69) is 45.1 Å². The topological polar surface area (TPSA) is 38.3 Å². The highest BCUT2D eigenvalue weighted by molar-refractivity contribution is 5.84. The molecule has 1 N–H and O–H groups in total. The molecule has 0 aromatic heterocycles. The molecule has 0 heterocycles. The van der Waals surface area contributed by atoms with Gasteiger partial charge in [-0.25, -0.2) is 4.79 Å². The van der Waals surface area contributed by atoms with E-state index in [1.807, 2.05) is 32.9 Å². The first-order chi connectivity index (χ1) is 9.47. The molecule has 0 saturated carbocycles.